The lowest BCUT2D eigenvalue weighted by molar-refractivity contribution is -0.149. The average Bonchev–Trinajstić information content (AvgIpc) is 3.09. The van der Waals surface area contributed by atoms with Crippen molar-refractivity contribution in [1.82, 2.24) is 4.31 Å². The van der Waals surface area contributed by atoms with E-state index in [0.29, 0.717) is 12.8 Å². The van der Waals surface area contributed by atoms with Crippen molar-refractivity contribution in [2.75, 3.05) is 31.2 Å². The highest BCUT2D eigenvalue weighted by Crippen LogP contribution is 2.29. The van der Waals surface area contributed by atoms with E-state index in [0.717, 1.165) is 6.07 Å². The summed E-state index contributed by atoms with van der Waals surface area (Å²) < 4.78 is 81.2. The van der Waals surface area contributed by atoms with Gasteiger partial charge in [0, 0.05) is 13.1 Å². The molecule has 0 spiro atoms. The van der Waals surface area contributed by atoms with Gasteiger partial charge < -0.3 is 4.74 Å². The SMILES string of the molecule is CCOC(=O)C1CCN(S(=O)(=O)c2cccc(S(=O)(=O)C3CCS(=O)(=O)C3)c2)CC1. The zero-order chi connectivity index (χ0) is 22.2. The molecule has 0 saturated carbocycles. The van der Waals surface area contributed by atoms with Crippen LogP contribution in [0.2, 0.25) is 0 Å². The molecule has 0 amide bonds. The Bertz CT molecular complexity index is 1120. The molecule has 1 aromatic rings. The summed E-state index contributed by atoms with van der Waals surface area (Å²) in [6.45, 7) is 2.23. The Labute approximate surface area is 177 Å². The van der Waals surface area contributed by atoms with Crippen molar-refractivity contribution in [1.29, 1.82) is 0 Å². The number of carbonyl (C=O) groups is 1. The van der Waals surface area contributed by atoms with E-state index in [4.69, 9.17) is 4.74 Å². The molecule has 9 nitrogen and oxygen atoms in total. The molecule has 2 aliphatic rings. The summed E-state index contributed by atoms with van der Waals surface area (Å²) in [6.07, 6.45) is 0.662. The van der Waals surface area contributed by atoms with E-state index in [1.165, 1.54) is 22.5 Å². The number of nitrogens with zero attached hydrogens (tertiary/aromatic N) is 1. The highest BCUT2D eigenvalue weighted by atomic mass is 32.2. The highest BCUT2D eigenvalue weighted by molar-refractivity contribution is 7.96. The van der Waals surface area contributed by atoms with E-state index in [9.17, 15) is 30.0 Å². The number of sulfone groups is 2. The number of sulfonamides is 1. The minimum Gasteiger partial charge on any atom is -0.466 e. The normalized spacial score (nSPS) is 23.3. The lowest BCUT2D eigenvalue weighted by atomic mass is 9.98. The maximum atomic E-state index is 13.0. The van der Waals surface area contributed by atoms with Crippen molar-refractivity contribution in [2.24, 2.45) is 5.92 Å². The third-order valence-corrected chi connectivity index (χ3v) is 11.5. The second-order valence-corrected chi connectivity index (χ2v) is 13.9. The highest BCUT2D eigenvalue weighted by Gasteiger charge is 2.39. The van der Waals surface area contributed by atoms with Gasteiger partial charge >= 0.3 is 5.97 Å². The topological polar surface area (TPSA) is 132 Å². The lowest BCUT2D eigenvalue weighted by Crippen LogP contribution is -2.40. The van der Waals surface area contributed by atoms with E-state index < -0.39 is 40.7 Å². The van der Waals surface area contributed by atoms with Crippen molar-refractivity contribution in [3.05, 3.63) is 24.3 Å². The van der Waals surface area contributed by atoms with Crippen LogP contribution in [0.1, 0.15) is 26.2 Å². The van der Waals surface area contributed by atoms with Crippen molar-refractivity contribution in [2.45, 2.75) is 41.2 Å². The molecule has 2 fully saturated rings. The molecule has 12 heteroatoms. The number of esters is 1. The molecule has 0 aliphatic carbocycles. The van der Waals surface area contributed by atoms with Crippen LogP contribution in [0, 0.1) is 5.92 Å². The third-order valence-electron chi connectivity index (χ3n) is 5.48. The molecule has 2 saturated heterocycles. The first-order chi connectivity index (χ1) is 14.0. The van der Waals surface area contributed by atoms with Crippen LogP contribution >= 0.6 is 0 Å². The van der Waals surface area contributed by atoms with Gasteiger partial charge in [0.25, 0.3) is 0 Å². The van der Waals surface area contributed by atoms with E-state index in [-0.39, 0.29) is 53.5 Å². The van der Waals surface area contributed by atoms with Gasteiger partial charge in [-0.2, -0.15) is 4.31 Å². The molecule has 2 heterocycles. The molecule has 0 aromatic heterocycles. The summed E-state index contributed by atoms with van der Waals surface area (Å²) in [5.41, 5.74) is 0. The average molecular weight is 480 g/mol. The number of rotatable bonds is 6. The smallest absolute Gasteiger partial charge is 0.309 e. The Morgan fingerprint density at radius 2 is 1.73 bits per heavy atom. The second kappa shape index (κ2) is 8.56. The van der Waals surface area contributed by atoms with Crippen LogP contribution in [0.25, 0.3) is 0 Å². The van der Waals surface area contributed by atoms with Crippen LogP contribution in [0.15, 0.2) is 34.1 Å². The fourth-order valence-corrected chi connectivity index (χ4v) is 9.75. The zero-order valence-corrected chi connectivity index (χ0v) is 19.0. The summed E-state index contributed by atoms with van der Waals surface area (Å²) >= 11 is 0. The fourth-order valence-electron chi connectivity index (χ4n) is 3.75. The first-order valence-electron chi connectivity index (χ1n) is 9.68. The first kappa shape index (κ1) is 23.2. The minimum atomic E-state index is -3.97. The predicted octanol–water partition coefficient (Wildman–Crippen LogP) is 0.611. The van der Waals surface area contributed by atoms with Crippen LogP contribution in [0.5, 0.6) is 0 Å². The molecule has 1 aromatic carbocycles. The molecule has 30 heavy (non-hydrogen) atoms. The van der Waals surface area contributed by atoms with Gasteiger partial charge in [-0.15, -0.1) is 0 Å². The standard InChI is InChI=1S/C18H25NO8S3/c1-2-27-18(20)14-6-9-19(10-7-14)30(25,26)16-5-3-4-15(12-16)29(23,24)17-8-11-28(21,22)13-17/h3-5,12,14,17H,2,6-11,13H2,1H3. The van der Waals surface area contributed by atoms with E-state index >= 15 is 0 Å². The molecule has 1 unspecified atom stereocenters. The molecule has 0 radical (unpaired) electrons. The Balaban J connectivity index is 1.79. The van der Waals surface area contributed by atoms with E-state index in [1.54, 1.807) is 6.92 Å². The summed E-state index contributed by atoms with van der Waals surface area (Å²) in [6, 6.07) is 5.03. The summed E-state index contributed by atoms with van der Waals surface area (Å²) in [7, 11) is -11.3. The van der Waals surface area contributed by atoms with Gasteiger partial charge in [-0.1, -0.05) is 6.07 Å². The molecule has 0 N–H and O–H groups in total. The van der Waals surface area contributed by atoms with Gasteiger partial charge in [-0.05, 0) is 44.4 Å². The van der Waals surface area contributed by atoms with Crippen LogP contribution in [-0.2, 0) is 39.2 Å². The quantitative estimate of drug-likeness (QED) is 0.542. The van der Waals surface area contributed by atoms with Crippen molar-refractivity contribution >= 4 is 35.7 Å². The fraction of sp³-hybridized carbons (Fsp3) is 0.611. The van der Waals surface area contributed by atoms with Crippen molar-refractivity contribution < 1.29 is 34.8 Å². The van der Waals surface area contributed by atoms with Gasteiger partial charge in [-0.25, -0.2) is 25.3 Å². The first-order valence-corrected chi connectivity index (χ1v) is 14.5. The molecular weight excluding hydrogens is 454 g/mol. The summed E-state index contributed by atoms with van der Waals surface area (Å²) in [5.74, 6) is -1.33. The monoisotopic (exact) mass is 479 g/mol. The van der Waals surface area contributed by atoms with E-state index in [2.05, 4.69) is 0 Å². The van der Waals surface area contributed by atoms with Gasteiger partial charge in [0.1, 0.15) is 0 Å². The predicted molar refractivity (Wildman–Crippen MR) is 109 cm³/mol. The Kier molecular flexibility index (Phi) is 6.61. The van der Waals surface area contributed by atoms with Gasteiger partial charge in [-0.3, -0.25) is 4.79 Å². The van der Waals surface area contributed by atoms with Crippen LogP contribution in [0.4, 0.5) is 0 Å². The molecular formula is C18H25NO8S3. The largest absolute Gasteiger partial charge is 0.466 e. The molecule has 0 bridgehead atoms. The van der Waals surface area contributed by atoms with Gasteiger partial charge in [0.2, 0.25) is 10.0 Å². The Morgan fingerprint density at radius 1 is 1.10 bits per heavy atom. The van der Waals surface area contributed by atoms with Gasteiger partial charge in [0.15, 0.2) is 19.7 Å². The van der Waals surface area contributed by atoms with Crippen LogP contribution in [-0.4, -0.2) is 72.0 Å². The molecule has 168 valence electrons. The number of piperidine rings is 1. The number of hydrogen-bond donors (Lipinski definition) is 0. The Hall–Kier alpha value is -1.50. The number of hydrogen-bond acceptors (Lipinski definition) is 8. The number of benzene rings is 1. The molecule has 3 rings (SSSR count). The summed E-state index contributed by atoms with van der Waals surface area (Å²) in [4.78, 5) is 11.5. The van der Waals surface area contributed by atoms with Gasteiger partial charge in [0.05, 0.1) is 39.1 Å². The molecule has 1 atom stereocenters. The van der Waals surface area contributed by atoms with Crippen LogP contribution < -0.4 is 0 Å². The van der Waals surface area contributed by atoms with E-state index in [1.807, 2.05) is 0 Å². The number of ether oxygens (including phenoxy) is 1. The third kappa shape index (κ3) is 4.71. The Morgan fingerprint density at radius 3 is 2.30 bits per heavy atom. The molecule has 2 aliphatic heterocycles. The maximum absolute atomic E-state index is 13.0. The second-order valence-electron chi connectivity index (χ2n) is 7.48. The minimum absolute atomic E-state index is 0.00299. The lowest BCUT2D eigenvalue weighted by Gasteiger charge is -2.30. The number of carbonyl (C=O) groups excluding carboxylic acids is 1. The maximum Gasteiger partial charge on any atom is 0.309 e. The van der Waals surface area contributed by atoms with Crippen molar-refractivity contribution in [3.8, 4) is 0 Å². The van der Waals surface area contributed by atoms with Crippen molar-refractivity contribution in [3.63, 3.8) is 0 Å². The summed E-state index contributed by atoms with van der Waals surface area (Å²) in [5, 5.41) is -1.07. The van der Waals surface area contributed by atoms with Crippen LogP contribution in [0.3, 0.4) is 0 Å². The zero-order valence-electron chi connectivity index (χ0n) is 16.6.